The van der Waals surface area contributed by atoms with Gasteiger partial charge >= 0.3 is 11.9 Å². The van der Waals surface area contributed by atoms with Gasteiger partial charge < -0.3 is 15.3 Å². The van der Waals surface area contributed by atoms with E-state index in [9.17, 15) is 33.3 Å². The predicted molar refractivity (Wildman–Crippen MR) is 80.4 cm³/mol. The molecule has 130 valence electrons. The zero-order valence-electron chi connectivity index (χ0n) is 12.4. The van der Waals surface area contributed by atoms with Gasteiger partial charge in [-0.25, -0.2) is 13.1 Å². The molecule has 24 heavy (non-hydrogen) atoms. The Morgan fingerprint density at radius 1 is 1.00 bits per heavy atom. The first-order valence-electron chi connectivity index (χ1n) is 7.45. The third kappa shape index (κ3) is 2.58. The van der Waals surface area contributed by atoms with Crippen LogP contribution in [0.4, 0.5) is 0 Å². The van der Waals surface area contributed by atoms with Gasteiger partial charge in [0.15, 0.2) is 0 Å². The highest BCUT2D eigenvalue weighted by atomic mass is 32.2. The molecule has 1 aromatic carbocycles. The molecule has 0 spiro atoms. The third-order valence-corrected chi connectivity index (χ3v) is 6.51. The Bertz CT molecular complexity index is 763. The molecule has 0 aromatic heterocycles. The number of sulfonamides is 1. The molecule has 0 aliphatic heterocycles. The molecule has 4 N–H and O–H groups in total. The molecule has 8 nitrogen and oxygen atoms in total. The molecule has 2 fully saturated rings. The summed E-state index contributed by atoms with van der Waals surface area (Å²) in [6.45, 7) is 0. The van der Waals surface area contributed by atoms with E-state index in [2.05, 4.69) is 4.72 Å². The van der Waals surface area contributed by atoms with Gasteiger partial charge in [0.05, 0.1) is 28.9 Å². The second-order valence-corrected chi connectivity index (χ2v) is 7.96. The number of carboxylic acids is 2. The Balaban J connectivity index is 1.89. The van der Waals surface area contributed by atoms with Crippen molar-refractivity contribution in [1.82, 2.24) is 4.72 Å². The average molecular weight is 355 g/mol. The minimum Gasteiger partial charge on any atom is -0.481 e. The van der Waals surface area contributed by atoms with Crippen molar-refractivity contribution in [1.29, 1.82) is 0 Å². The first-order chi connectivity index (χ1) is 11.2. The summed E-state index contributed by atoms with van der Waals surface area (Å²) in [6.07, 6.45) is -1.07. The molecule has 6 atom stereocenters. The minimum absolute atomic E-state index is 0.00151. The molecular formula is C15H17NO7S. The second kappa shape index (κ2) is 5.83. The lowest BCUT2D eigenvalue weighted by atomic mass is 9.75. The summed E-state index contributed by atoms with van der Waals surface area (Å²) < 4.78 is 27.2. The molecule has 0 saturated heterocycles. The average Bonchev–Trinajstić information content (AvgIpc) is 3.05. The van der Waals surface area contributed by atoms with Crippen molar-refractivity contribution in [3.63, 3.8) is 0 Å². The maximum atomic E-state index is 12.4. The van der Waals surface area contributed by atoms with Crippen LogP contribution in [0.3, 0.4) is 0 Å². The zero-order chi connectivity index (χ0) is 17.6. The van der Waals surface area contributed by atoms with Gasteiger partial charge in [-0.2, -0.15) is 0 Å². The van der Waals surface area contributed by atoms with E-state index in [1.54, 1.807) is 18.2 Å². The van der Waals surface area contributed by atoms with Gasteiger partial charge in [-0.3, -0.25) is 9.59 Å². The number of carbonyl (C=O) groups is 2. The highest BCUT2D eigenvalue weighted by Gasteiger charge is 2.63. The van der Waals surface area contributed by atoms with Crippen molar-refractivity contribution in [2.75, 3.05) is 0 Å². The molecule has 0 heterocycles. The predicted octanol–water partition coefficient (Wildman–Crippen LogP) is -0.254. The Morgan fingerprint density at radius 2 is 1.54 bits per heavy atom. The number of rotatable bonds is 5. The number of hydrogen-bond donors (Lipinski definition) is 4. The third-order valence-electron chi connectivity index (χ3n) is 5.04. The lowest BCUT2D eigenvalue weighted by Crippen LogP contribution is -2.54. The van der Waals surface area contributed by atoms with Gasteiger partial charge in [-0.05, 0) is 24.5 Å². The van der Waals surface area contributed by atoms with Crippen LogP contribution in [0.15, 0.2) is 35.2 Å². The number of hydrogen-bond acceptors (Lipinski definition) is 5. The van der Waals surface area contributed by atoms with Crippen LogP contribution in [0, 0.1) is 23.7 Å². The molecule has 0 radical (unpaired) electrons. The molecule has 6 unspecified atom stereocenters. The fourth-order valence-electron chi connectivity index (χ4n) is 4.06. The number of fused-ring (bicyclic) bond motifs is 2. The quantitative estimate of drug-likeness (QED) is 0.570. The number of aliphatic hydroxyl groups excluding tert-OH is 1. The van der Waals surface area contributed by atoms with E-state index in [0.29, 0.717) is 0 Å². The van der Waals surface area contributed by atoms with Gasteiger partial charge in [-0.1, -0.05) is 18.2 Å². The molecule has 0 amide bonds. The standard InChI is InChI=1S/C15H17NO7S/c17-13-9-6-8(10(14(18)19)11(9)15(20)21)12(13)16-24(22,23)7-4-2-1-3-5-7/h1-5,8-13,16-17H,6H2,(H,18,19)(H,20,21). The van der Waals surface area contributed by atoms with E-state index in [0.717, 1.165) is 0 Å². The summed E-state index contributed by atoms with van der Waals surface area (Å²) in [7, 11) is -3.94. The maximum absolute atomic E-state index is 12.4. The van der Waals surface area contributed by atoms with Crippen LogP contribution in [-0.2, 0) is 19.6 Å². The molecule has 9 heteroatoms. The summed E-state index contributed by atoms with van der Waals surface area (Å²) in [5, 5.41) is 28.9. The second-order valence-electron chi connectivity index (χ2n) is 6.24. The van der Waals surface area contributed by atoms with Crippen molar-refractivity contribution in [3.05, 3.63) is 30.3 Å². The van der Waals surface area contributed by atoms with Gasteiger partial charge in [0.2, 0.25) is 10.0 Å². The van der Waals surface area contributed by atoms with E-state index < -0.39 is 57.8 Å². The highest BCUT2D eigenvalue weighted by Crippen LogP contribution is 2.53. The van der Waals surface area contributed by atoms with Crippen LogP contribution < -0.4 is 4.72 Å². The fourth-order valence-corrected chi connectivity index (χ4v) is 5.38. The normalized spacial score (nSPS) is 35.0. The maximum Gasteiger partial charge on any atom is 0.307 e. The smallest absolute Gasteiger partial charge is 0.307 e. The molecule has 2 aliphatic carbocycles. The molecular weight excluding hydrogens is 338 g/mol. The number of aliphatic hydroxyl groups is 1. The first kappa shape index (κ1) is 16.9. The topological polar surface area (TPSA) is 141 Å². The van der Waals surface area contributed by atoms with Crippen LogP contribution in [0.5, 0.6) is 0 Å². The van der Waals surface area contributed by atoms with Crippen molar-refractivity contribution in [2.24, 2.45) is 23.7 Å². The van der Waals surface area contributed by atoms with E-state index in [1.165, 1.54) is 12.1 Å². The van der Waals surface area contributed by atoms with Gasteiger partial charge in [0, 0.05) is 5.92 Å². The SMILES string of the molecule is O=C(O)C1C2CC(C(NS(=O)(=O)c3ccccc3)C2O)C1C(=O)O. The van der Waals surface area contributed by atoms with Crippen LogP contribution in [0.25, 0.3) is 0 Å². The summed E-state index contributed by atoms with van der Waals surface area (Å²) in [5.41, 5.74) is 0. The van der Waals surface area contributed by atoms with Crippen LogP contribution in [-0.4, -0.2) is 47.8 Å². The summed E-state index contributed by atoms with van der Waals surface area (Å²) in [6, 6.07) is 6.51. The highest BCUT2D eigenvalue weighted by molar-refractivity contribution is 7.89. The molecule has 2 aliphatic rings. The van der Waals surface area contributed by atoms with E-state index >= 15 is 0 Å². The number of carboxylic acid groups (broad SMARTS) is 2. The Morgan fingerprint density at radius 3 is 2.08 bits per heavy atom. The molecule has 1 aromatic rings. The van der Waals surface area contributed by atoms with Gasteiger partial charge in [0.1, 0.15) is 0 Å². The zero-order valence-corrected chi connectivity index (χ0v) is 13.3. The fraction of sp³-hybridized carbons (Fsp3) is 0.467. The van der Waals surface area contributed by atoms with E-state index in [-0.39, 0.29) is 11.3 Å². The van der Waals surface area contributed by atoms with Crippen molar-refractivity contribution in [3.8, 4) is 0 Å². The molecule has 2 saturated carbocycles. The lowest BCUT2D eigenvalue weighted by molar-refractivity contribution is -0.159. The lowest BCUT2D eigenvalue weighted by Gasteiger charge is -2.35. The van der Waals surface area contributed by atoms with E-state index in [4.69, 9.17) is 0 Å². The molecule has 3 rings (SSSR count). The number of aliphatic carboxylic acids is 2. The van der Waals surface area contributed by atoms with Gasteiger partial charge in [-0.15, -0.1) is 0 Å². The Kier molecular flexibility index (Phi) is 4.10. The minimum atomic E-state index is -3.94. The van der Waals surface area contributed by atoms with Crippen LogP contribution >= 0.6 is 0 Å². The van der Waals surface area contributed by atoms with Crippen LogP contribution in [0.1, 0.15) is 6.42 Å². The summed E-state index contributed by atoms with van der Waals surface area (Å²) in [4.78, 5) is 22.8. The summed E-state index contributed by atoms with van der Waals surface area (Å²) >= 11 is 0. The van der Waals surface area contributed by atoms with Gasteiger partial charge in [0.25, 0.3) is 0 Å². The van der Waals surface area contributed by atoms with Crippen molar-refractivity contribution >= 4 is 22.0 Å². The Labute approximate surface area is 138 Å². The largest absolute Gasteiger partial charge is 0.481 e. The van der Waals surface area contributed by atoms with E-state index in [1.807, 2.05) is 0 Å². The monoisotopic (exact) mass is 355 g/mol. The Hall–Kier alpha value is -1.97. The van der Waals surface area contributed by atoms with Crippen molar-refractivity contribution < 1.29 is 33.3 Å². The summed E-state index contributed by atoms with van der Waals surface area (Å²) in [5.74, 6) is -6.54. The van der Waals surface area contributed by atoms with Crippen LogP contribution in [0.2, 0.25) is 0 Å². The first-order valence-corrected chi connectivity index (χ1v) is 8.93. The van der Waals surface area contributed by atoms with Crippen molar-refractivity contribution in [2.45, 2.75) is 23.5 Å². The number of nitrogens with one attached hydrogen (secondary N) is 1. The number of benzene rings is 1. The molecule has 2 bridgehead atoms.